The van der Waals surface area contributed by atoms with E-state index in [1.807, 2.05) is 20.8 Å². The second-order valence-corrected chi connectivity index (χ2v) is 7.88. The van der Waals surface area contributed by atoms with Gasteiger partial charge in [0.15, 0.2) is 11.8 Å². The minimum absolute atomic E-state index is 0.00289. The minimum Gasteiger partial charge on any atom is -0.466 e. The average molecular weight is 371 g/mol. The monoisotopic (exact) mass is 371 g/mol. The fourth-order valence-corrected chi connectivity index (χ4v) is 2.66. The number of carbonyl (C=O) groups excluding carboxylic acids is 2. The van der Waals surface area contributed by atoms with Crippen molar-refractivity contribution in [3.63, 3.8) is 0 Å². The van der Waals surface area contributed by atoms with Crippen molar-refractivity contribution in [2.45, 2.75) is 72.8 Å². The van der Waals surface area contributed by atoms with Crippen LogP contribution in [-0.4, -0.2) is 55.9 Å². The molecule has 1 heterocycles. The molecule has 3 atom stereocenters. The zero-order valence-corrected chi connectivity index (χ0v) is 17.0. The van der Waals surface area contributed by atoms with Crippen molar-refractivity contribution in [1.82, 2.24) is 0 Å². The van der Waals surface area contributed by atoms with Crippen molar-refractivity contribution in [3.05, 3.63) is 0 Å². The first kappa shape index (κ1) is 22.6. The lowest BCUT2D eigenvalue weighted by atomic mass is 9.90. The number of ether oxygens (including phenoxy) is 4. The second-order valence-electron chi connectivity index (χ2n) is 7.88. The molecule has 0 unspecified atom stereocenters. The number of hydrogen-bond donors (Lipinski definition) is 0. The smallest absolute Gasteiger partial charge is 0.331 e. The van der Waals surface area contributed by atoms with Crippen LogP contribution < -0.4 is 0 Å². The van der Waals surface area contributed by atoms with Gasteiger partial charge in [-0.3, -0.25) is 9.79 Å². The molecule has 1 rings (SSSR count). The summed E-state index contributed by atoms with van der Waals surface area (Å²) in [7, 11) is 0. The molecular formula is C19H33NO6. The summed E-state index contributed by atoms with van der Waals surface area (Å²) in [5, 5.41) is 0. The predicted molar refractivity (Wildman–Crippen MR) is 98.0 cm³/mol. The van der Waals surface area contributed by atoms with Crippen LogP contribution in [0, 0.1) is 11.3 Å². The Bertz CT molecular complexity index is 509. The van der Waals surface area contributed by atoms with E-state index in [1.165, 1.54) is 0 Å². The van der Waals surface area contributed by atoms with Crippen molar-refractivity contribution in [3.8, 4) is 0 Å². The zero-order chi connectivity index (χ0) is 20.0. The van der Waals surface area contributed by atoms with E-state index in [4.69, 9.17) is 18.9 Å². The Balaban J connectivity index is 3.15. The first-order chi connectivity index (χ1) is 12.0. The molecule has 1 fully saturated rings. The topological polar surface area (TPSA) is 83.4 Å². The lowest BCUT2D eigenvalue weighted by Gasteiger charge is -2.28. The highest BCUT2D eigenvalue weighted by molar-refractivity contribution is 5.80. The van der Waals surface area contributed by atoms with E-state index >= 15 is 0 Å². The van der Waals surface area contributed by atoms with Gasteiger partial charge in [0.2, 0.25) is 0 Å². The number of nitrogens with zero attached hydrogens (tertiary/aromatic N) is 1. The van der Waals surface area contributed by atoms with Crippen LogP contribution in [0.1, 0.15) is 54.9 Å². The van der Waals surface area contributed by atoms with Gasteiger partial charge in [0.25, 0.3) is 0 Å². The molecule has 1 aliphatic heterocycles. The van der Waals surface area contributed by atoms with Crippen LogP contribution in [0.15, 0.2) is 4.99 Å². The molecule has 0 bridgehead atoms. The third-order valence-electron chi connectivity index (χ3n) is 3.77. The van der Waals surface area contributed by atoms with E-state index in [-0.39, 0.29) is 31.7 Å². The van der Waals surface area contributed by atoms with Gasteiger partial charge in [-0.25, -0.2) is 4.79 Å². The highest BCUT2D eigenvalue weighted by Crippen LogP contribution is 2.32. The molecule has 0 aromatic rings. The maximum atomic E-state index is 12.6. The Kier molecular flexibility index (Phi) is 8.21. The van der Waals surface area contributed by atoms with Gasteiger partial charge in [0, 0.05) is 12.1 Å². The Morgan fingerprint density at radius 1 is 1.23 bits per heavy atom. The van der Waals surface area contributed by atoms with Crippen LogP contribution >= 0.6 is 0 Å². The van der Waals surface area contributed by atoms with E-state index in [0.29, 0.717) is 0 Å². The molecule has 0 aliphatic carbocycles. The Labute approximate surface area is 156 Å². The molecule has 0 saturated carbocycles. The first-order valence-corrected chi connectivity index (χ1v) is 9.17. The molecule has 7 nitrogen and oxygen atoms in total. The number of esters is 2. The van der Waals surface area contributed by atoms with Gasteiger partial charge in [-0.2, -0.15) is 0 Å². The van der Waals surface area contributed by atoms with Crippen LogP contribution in [0.5, 0.6) is 0 Å². The first-order valence-electron chi connectivity index (χ1n) is 9.17. The Morgan fingerprint density at radius 2 is 1.85 bits per heavy atom. The summed E-state index contributed by atoms with van der Waals surface area (Å²) in [6, 6.07) is -0.860. The standard InChI is InChI=1S/C19H33NO6/c1-8-23-15(21)10-13(14-11-25-19(6,7)26-14)16(17(22)24-9-2)20-12-18(3,4)5/h12-14,16H,8-11H2,1-7H3/t13-,14+,16+/m0/s1. The number of hydrogen-bond acceptors (Lipinski definition) is 7. The van der Waals surface area contributed by atoms with Gasteiger partial charge < -0.3 is 18.9 Å². The van der Waals surface area contributed by atoms with E-state index in [0.717, 1.165) is 0 Å². The van der Waals surface area contributed by atoms with E-state index < -0.39 is 35.8 Å². The summed E-state index contributed by atoms with van der Waals surface area (Å²) in [4.78, 5) is 29.2. The zero-order valence-electron chi connectivity index (χ0n) is 17.0. The van der Waals surface area contributed by atoms with Gasteiger partial charge in [-0.15, -0.1) is 0 Å². The predicted octanol–water partition coefficient (Wildman–Crippen LogP) is 2.76. The normalized spacial score (nSPS) is 22.2. The second kappa shape index (κ2) is 9.46. The van der Waals surface area contributed by atoms with Gasteiger partial charge in [-0.05, 0) is 33.1 Å². The van der Waals surface area contributed by atoms with Crippen molar-refractivity contribution in [2.75, 3.05) is 19.8 Å². The fourth-order valence-electron chi connectivity index (χ4n) is 2.66. The molecule has 7 heteroatoms. The van der Waals surface area contributed by atoms with E-state index in [9.17, 15) is 9.59 Å². The molecule has 1 saturated heterocycles. The van der Waals surface area contributed by atoms with Crippen LogP contribution in [0.2, 0.25) is 0 Å². The Morgan fingerprint density at radius 3 is 2.31 bits per heavy atom. The molecule has 0 aromatic carbocycles. The average Bonchev–Trinajstić information content (AvgIpc) is 2.85. The summed E-state index contributed by atoms with van der Waals surface area (Å²) in [5.74, 6) is -2.18. The fraction of sp³-hybridized carbons (Fsp3) is 0.842. The highest BCUT2D eigenvalue weighted by atomic mass is 16.7. The molecular weight excluding hydrogens is 338 g/mol. The maximum Gasteiger partial charge on any atom is 0.331 e. The molecule has 0 radical (unpaired) electrons. The van der Waals surface area contributed by atoms with Gasteiger partial charge in [0.1, 0.15) is 0 Å². The van der Waals surface area contributed by atoms with Crippen LogP contribution in [-0.2, 0) is 28.5 Å². The van der Waals surface area contributed by atoms with Crippen molar-refractivity contribution in [1.29, 1.82) is 0 Å². The van der Waals surface area contributed by atoms with Crippen LogP contribution in [0.25, 0.3) is 0 Å². The minimum atomic E-state index is -0.860. The number of rotatable bonds is 8. The lowest BCUT2D eigenvalue weighted by Crippen LogP contribution is -2.41. The largest absolute Gasteiger partial charge is 0.466 e. The molecule has 0 N–H and O–H groups in total. The highest BCUT2D eigenvalue weighted by Gasteiger charge is 2.44. The van der Waals surface area contributed by atoms with Gasteiger partial charge in [0.05, 0.1) is 32.3 Å². The maximum absolute atomic E-state index is 12.6. The van der Waals surface area contributed by atoms with E-state index in [1.54, 1.807) is 33.9 Å². The quantitative estimate of drug-likeness (QED) is 0.482. The molecule has 1 aliphatic rings. The lowest BCUT2D eigenvalue weighted by molar-refractivity contribution is -0.160. The number of carbonyl (C=O) groups is 2. The molecule has 26 heavy (non-hydrogen) atoms. The summed E-state index contributed by atoms with van der Waals surface area (Å²) in [5.41, 5.74) is -0.217. The third-order valence-corrected chi connectivity index (χ3v) is 3.77. The van der Waals surface area contributed by atoms with Crippen molar-refractivity contribution >= 4 is 18.2 Å². The summed E-state index contributed by atoms with van der Waals surface area (Å²) in [6.07, 6.45) is 1.26. The molecule has 0 aromatic heterocycles. The summed E-state index contributed by atoms with van der Waals surface area (Å²) >= 11 is 0. The summed E-state index contributed by atoms with van der Waals surface area (Å²) < 4.78 is 21.8. The molecule has 0 amide bonds. The van der Waals surface area contributed by atoms with Crippen molar-refractivity contribution in [2.24, 2.45) is 16.3 Å². The van der Waals surface area contributed by atoms with E-state index in [2.05, 4.69) is 4.99 Å². The van der Waals surface area contributed by atoms with Gasteiger partial charge >= 0.3 is 11.9 Å². The van der Waals surface area contributed by atoms with Gasteiger partial charge in [-0.1, -0.05) is 20.8 Å². The summed E-state index contributed by atoms with van der Waals surface area (Å²) in [6.45, 7) is 13.8. The number of aliphatic imine (C=N–C) groups is 1. The Hall–Kier alpha value is -1.47. The molecule has 150 valence electrons. The SMILES string of the molecule is CCOC(=O)C[C@@H]([C@H]1COC(C)(C)O1)[C@@H](N=CC(C)(C)C)C(=O)OCC. The van der Waals surface area contributed by atoms with Crippen LogP contribution in [0.3, 0.4) is 0 Å². The molecule has 0 spiro atoms. The van der Waals surface area contributed by atoms with Crippen LogP contribution in [0.4, 0.5) is 0 Å². The van der Waals surface area contributed by atoms with Crippen molar-refractivity contribution < 1.29 is 28.5 Å². The third kappa shape index (κ3) is 7.41.